The van der Waals surface area contributed by atoms with Gasteiger partial charge in [-0.05, 0) is 0 Å². The number of thiocarbonyl (C=S) groups is 1. The molecule has 0 fully saturated rings. The van der Waals surface area contributed by atoms with E-state index in [1.807, 2.05) is 0 Å². The molecule has 0 radical (unpaired) electrons. The molecule has 0 aromatic carbocycles. The highest BCUT2D eigenvalue weighted by Crippen LogP contribution is 1.66. The average Bonchev–Trinajstić information content (AvgIpc) is 1.82. The predicted octanol–water partition coefficient (Wildman–Crippen LogP) is -1.09. The van der Waals surface area contributed by atoms with Crippen molar-refractivity contribution in [2.75, 3.05) is 6.54 Å². The van der Waals surface area contributed by atoms with E-state index in [1.54, 1.807) is 6.07 Å². The van der Waals surface area contributed by atoms with Gasteiger partial charge in [-0.2, -0.15) is 5.26 Å². The molecule has 4 nitrogen and oxygen atoms in total. The number of amides is 1. The van der Waals surface area contributed by atoms with Crippen LogP contribution in [0.1, 0.15) is 0 Å². The van der Waals surface area contributed by atoms with E-state index in [4.69, 9.17) is 11.0 Å². The molecule has 0 aromatic heterocycles. The Morgan fingerprint density at radius 3 is 2.78 bits per heavy atom. The molecule has 0 saturated heterocycles. The Hall–Kier alpha value is -1.15. The molecule has 5 heteroatoms. The van der Waals surface area contributed by atoms with Crippen LogP contribution in [0.2, 0.25) is 0 Å². The zero-order valence-corrected chi connectivity index (χ0v) is 5.36. The molecule has 0 unspecified atom stereocenters. The third-order valence-electron chi connectivity index (χ3n) is 0.552. The van der Waals surface area contributed by atoms with Gasteiger partial charge in [-0.15, -0.1) is 0 Å². The van der Waals surface area contributed by atoms with E-state index in [2.05, 4.69) is 17.5 Å². The maximum absolute atomic E-state index is 10.1. The Bertz CT molecular complexity index is 171. The molecule has 0 heterocycles. The zero-order valence-electron chi connectivity index (χ0n) is 4.55. The maximum atomic E-state index is 10.1. The topological polar surface area (TPSA) is 78.9 Å². The van der Waals surface area contributed by atoms with Crippen molar-refractivity contribution >= 4 is 23.1 Å². The summed E-state index contributed by atoms with van der Waals surface area (Å²) < 4.78 is 0. The second-order valence-corrected chi connectivity index (χ2v) is 1.61. The fraction of sp³-hybridized carbons (Fsp3) is 0.250. The lowest BCUT2D eigenvalue weighted by atomic mass is 10.6. The summed E-state index contributed by atoms with van der Waals surface area (Å²) >= 11 is 4.41. The highest BCUT2D eigenvalue weighted by Gasteiger charge is 1.99. The molecule has 1 amide bonds. The van der Waals surface area contributed by atoms with Crippen molar-refractivity contribution in [3.8, 4) is 6.07 Å². The first kappa shape index (κ1) is 7.85. The van der Waals surface area contributed by atoms with Crippen molar-refractivity contribution in [1.29, 1.82) is 5.26 Å². The highest BCUT2D eigenvalue weighted by atomic mass is 32.1. The van der Waals surface area contributed by atoms with Crippen LogP contribution in [0.25, 0.3) is 0 Å². The lowest BCUT2D eigenvalue weighted by Crippen LogP contribution is -2.34. The number of rotatable bonds is 1. The second-order valence-electron chi connectivity index (χ2n) is 1.21. The molecule has 0 rings (SSSR count). The van der Waals surface area contributed by atoms with Crippen LogP contribution in [0, 0.1) is 11.3 Å². The lowest BCUT2D eigenvalue weighted by molar-refractivity contribution is -0.112. The van der Waals surface area contributed by atoms with Gasteiger partial charge in [0.25, 0.3) is 5.91 Å². The van der Waals surface area contributed by atoms with Gasteiger partial charge in [0.15, 0.2) is 4.99 Å². The van der Waals surface area contributed by atoms with Gasteiger partial charge in [-0.25, -0.2) is 0 Å². The van der Waals surface area contributed by atoms with Crippen LogP contribution in [0.4, 0.5) is 0 Å². The first-order chi connectivity index (χ1) is 4.18. The summed E-state index contributed by atoms with van der Waals surface area (Å²) in [5, 5.41) is 10.3. The molecular weight excluding hydrogens is 138 g/mol. The SMILES string of the molecule is N#CCNC(=S)C(N)=O. The standard InChI is InChI=1S/C4H5N3OS/c5-1-2-7-4(9)3(6)8/h2H2,(H2,6,8)(H,7,9). The van der Waals surface area contributed by atoms with E-state index in [0.29, 0.717) is 0 Å². The molecule has 3 N–H and O–H groups in total. The molecule has 0 spiro atoms. The van der Waals surface area contributed by atoms with E-state index in [9.17, 15) is 4.79 Å². The third-order valence-corrected chi connectivity index (χ3v) is 0.897. The fourth-order valence-corrected chi connectivity index (χ4v) is 0.279. The summed E-state index contributed by atoms with van der Waals surface area (Å²) in [6.45, 7) is 0.0156. The fourth-order valence-electron chi connectivity index (χ4n) is 0.207. The number of nitrogens with one attached hydrogen (secondary N) is 1. The van der Waals surface area contributed by atoms with Crippen LogP contribution in [0.5, 0.6) is 0 Å². The number of carbonyl (C=O) groups excluding carboxylic acids is 1. The van der Waals surface area contributed by atoms with Gasteiger partial charge in [-0.1, -0.05) is 12.2 Å². The number of primary amides is 1. The summed E-state index contributed by atoms with van der Waals surface area (Å²) in [7, 11) is 0. The van der Waals surface area contributed by atoms with Gasteiger partial charge >= 0.3 is 0 Å². The van der Waals surface area contributed by atoms with Crippen molar-refractivity contribution in [3.63, 3.8) is 0 Å². The summed E-state index contributed by atoms with van der Waals surface area (Å²) in [5.74, 6) is -0.708. The molecule has 9 heavy (non-hydrogen) atoms. The van der Waals surface area contributed by atoms with Gasteiger partial charge < -0.3 is 11.1 Å². The van der Waals surface area contributed by atoms with Gasteiger partial charge in [0.1, 0.15) is 6.54 Å². The smallest absolute Gasteiger partial charge is 0.276 e. The molecule has 0 saturated carbocycles. The van der Waals surface area contributed by atoms with Gasteiger partial charge in [0, 0.05) is 0 Å². The quantitative estimate of drug-likeness (QED) is 0.361. The van der Waals surface area contributed by atoms with Crippen LogP contribution >= 0.6 is 12.2 Å². The number of nitriles is 1. The molecular formula is C4H5N3OS. The van der Waals surface area contributed by atoms with Crippen LogP contribution in [-0.4, -0.2) is 17.4 Å². The predicted molar refractivity (Wildman–Crippen MR) is 35.4 cm³/mol. The van der Waals surface area contributed by atoms with Crippen LogP contribution in [0.15, 0.2) is 0 Å². The lowest BCUT2D eigenvalue weighted by Gasteiger charge is -1.95. The minimum atomic E-state index is -0.708. The maximum Gasteiger partial charge on any atom is 0.276 e. The summed E-state index contributed by atoms with van der Waals surface area (Å²) in [5.41, 5.74) is 4.72. The number of hydrogen-bond donors (Lipinski definition) is 2. The summed E-state index contributed by atoms with van der Waals surface area (Å²) in [6.07, 6.45) is 0. The Kier molecular flexibility index (Phi) is 3.32. The minimum absolute atomic E-state index is 0.0156. The van der Waals surface area contributed by atoms with Crippen molar-refractivity contribution in [3.05, 3.63) is 0 Å². The van der Waals surface area contributed by atoms with Crippen LogP contribution in [-0.2, 0) is 4.79 Å². The first-order valence-electron chi connectivity index (χ1n) is 2.13. The molecule has 0 atom stereocenters. The molecule has 48 valence electrons. The van der Waals surface area contributed by atoms with E-state index >= 15 is 0 Å². The number of carbonyl (C=O) groups is 1. The van der Waals surface area contributed by atoms with Gasteiger partial charge in [0.2, 0.25) is 0 Å². The van der Waals surface area contributed by atoms with Crippen molar-refractivity contribution in [2.45, 2.75) is 0 Å². The molecule has 0 aliphatic carbocycles. The normalized spacial score (nSPS) is 7.44. The van der Waals surface area contributed by atoms with Crippen LogP contribution < -0.4 is 11.1 Å². The number of nitrogens with two attached hydrogens (primary N) is 1. The third kappa shape index (κ3) is 3.43. The number of hydrogen-bond acceptors (Lipinski definition) is 3. The van der Waals surface area contributed by atoms with E-state index < -0.39 is 5.91 Å². The number of nitrogens with zero attached hydrogens (tertiary/aromatic N) is 1. The Labute approximate surface area is 57.6 Å². The van der Waals surface area contributed by atoms with Crippen molar-refractivity contribution in [1.82, 2.24) is 5.32 Å². The monoisotopic (exact) mass is 143 g/mol. The van der Waals surface area contributed by atoms with Gasteiger partial charge in [-0.3, -0.25) is 4.79 Å². The second kappa shape index (κ2) is 3.80. The molecule has 0 aliphatic rings. The average molecular weight is 143 g/mol. The van der Waals surface area contributed by atoms with Crippen molar-refractivity contribution in [2.24, 2.45) is 5.73 Å². The summed E-state index contributed by atoms with van der Waals surface area (Å²) in [4.78, 5) is 10.0. The molecule has 0 bridgehead atoms. The van der Waals surface area contributed by atoms with E-state index in [1.165, 1.54) is 0 Å². The zero-order chi connectivity index (χ0) is 7.28. The largest absolute Gasteiger partial charge is 0.364 e. The molecule has 0 aliphatic heterocycles. The summed E-state index contributed by atoms with van der Waals surface area (Å²) in [6, 6.07) is 1.75. The van der Waals surface area contributed by atoms with Crippen LogP contribution in [0.3, 0.4) is 0 Å². The van der Waals surface area contributed by atoms with Gasteiger partial charge in [0.05, 0.1) is 6.07 Å². The first-order valence-corrected chi connectivity index (χ1v) is 2.54. The van der Waals surface area contributed by atoms with Crippen molar-refractivity contribution < 1.29 is 4.79 Å². The molecule has 0 aromatic rings. The Morgan fingerprint density at radius 1 is 1.89 bits per heavy atom. The van der Waals surface area contributed by atoms with E-state index in [-0.39, 0.29) is 11.5 Å². The Morgan fingerprint density at radius 2 is 2.44 bits per heavy atom. The Balaban J connectivity index is 3.55. The van der Waals surface area contributed by atoms with E-state index in [0.717, 1.165) is 0 Å². The minimum Gasteiger partial charge on any atom is -0.364 e. The highest BCUT2D eigenvalue weighted by molar-refractivity contribution is 7.82.